The Morgan fingerprint density at radius 1 is 1.06 bits per heavy atom. The Labute approximate surface area is 99.1 Å². The number of allylic oxidation sites excluding steroid dienone is 1. The quantitative estimate of drug-likeness (QED) is 0.640. The molecule has 3 heteroatoms. The molecule has 0 unspecified atom stereocenters. The second-order valence-corrected chi connectivity index (χ2v) is 4.59. The van der Waals surface area contributed by atoms with Gasteiger partial charge in [-0.2, -0.15) is 0 Å². The van der Waals surface area contributed by atoms with E-state index in [1.54, 1.807) is 6.92 Å². The molecule has 1 aliphatic heterocycles. The van der Waals surface area contributed by atoms with Gasteiger partial charge >= 0.3 is 0 Å². The minimum atomic E-state index is -0.404. The van der Waals surface area contributed by atoms with Crippen molar-refractivity contribution in [1.82, 2.24) is 0 Å². The lowest BCUT2D eigenvalue weighted by atomic mass is 9.81. The van der Waals surface area contributed by atoms with Crippen LogP contribution in [-0.4, -0.2) is 17.7 Å². The summed E-state index contributed by atoms with van der Waals surface area (Å²) in [6.45, 7) is 5.46. The summed E-state index contributed by atoms with van der Waals surface area (Å²) in [7, 11) is 0. The van der Waals surface area contributed by atoms with Crippen LogP contribution < -0.4 is 4.74 Å². The fourth-order valence-electron chi connectivity index (χ4n) is 2.70. The molecule has 1 aromatic rings. The van der Waals surface area contributed by atoms with Crippen LogP contribution in [0.2, 0.25) is 0 Å². The highest BCUT2D eigenvalue weighted by molar-refractivity contribution is 6.53. The molecule has 0 saturated heterocycles. The maximum atomic E-state index is 12.0. The molecule has 3 rings (SSSR count). The molecule has 0 radical (unpaired) electrons. The minimum absolute atomic E-state index is 0.150. The lowest BCUT2D eigenvalue weighted by Crippen LogP contribution is -2.24. The van der Waals surface area contributed by atoms with E-state index < -0.39 is 11.6 Å². The number of hydrogen-bond donors (Lipinski definition) is 0. The highest BCUT2D eigenvalue weighted by Crippen LogP contribution is 2.45. The van der Waals surface area contributed by atoms with Gasteiger partial charge in [-0.05, 0) is 32.4 Å². The standard InChI is InChI=1S/C14H12O3/c1-6-4-5-9-12-10(6)14(16)13(15)7(2)11(12)8(3)17-9/h4-5,8H,1-3H3/t8-/m1/s1. The van der Waals surface area contributed by atoms with Crippen LogP contribution in [0.4, 0.5) is 0 Å². The molecule has 1 atom stereocenters. The summed E-state index contributed by atoms with van der Waals surface area (Å²) in [5.74, 6) is -0.0864. The molecule has 1 aliphatic carbocycles. The Kier molecular flexibility index (Phi) is 1.85. The van der Waals surface area contributed by atoms with Crippen molar-refractivity contribution in [2.75, 3.05) is 0 Å². The first-order valence-corrected chi connectivity index (χ1v) is 5.62. The molecule has 0 amide bonds. The van der Waals surface area contributed by atoms with E-state index >= 15 is 0 Å². The Balaban J connectivity index is 2.46. The van der Waals surface area contributed by atoms with E-state index in [0.29, 0.717) is 16.9 Å². The zero-order chi connectivity index (χ0) is 12.3. The second kappa shape index (κ2) is 3.06. The number of hydrogen-bond acceptors (Lipinski definition) is 3. The zero-order valence-electron chi connectivity index (χ0n) is 9.96. The molecule has 0 N–H and O–H groups in total. The molecule has 2 aliphatic rings. The Morgan fingerprint density at radius 2 is 1.76 bits per heavy atom. The van der Waals surface area contributed by atoms with Crippen LogP contribution in [0.15, 0.2) is 17.7 Å². The molecule has 17 heavy (non-hydrogen) atoms. The lowest BCUT2D eigenvalue weighted by Gasteiger charge is -2.17. The molecular formula is C14H12O3. The number of carbonyl (C=O) groups is 2. The van der Waals surface area contributed by atoms with Crippen molar-refractivity contribution < 1.29 is 14.3 Å². The summed E-state index contributed by atoms with van der Waals surface area (Å²) in [5, 5.41) is 0. The molecule has 1 aromatic carbocycles. The van der Waals surface area contributed by atoms with Crippen LogP contribution in [0.25, 0.3) is 5.57 Å². The summed E-state index contributed by atoms with van der Waals surface area (Å²) < 4.78 is 5.69. The van der Waals surface area contributed by atoms with Gasteiger partial charge < -0.3 is 4.74 Å². The Morgan fingerprint density at radius 3 is 2.47 bits per heavy atom. The molecule has 0 spiro atoms. The fourth-order valence-corrected chi connectivity index (χ4v) is 2.70. The van der Waals surface area contributed by atoms with E-state index in [1.165, 1.54) is 0 Å². The lowest BCUT2D eigenvalue weighted by molar-refractivity contribution is -0.111. The first-order chi connectivity index (χ1) is 8.02. The molecular weight excluding hydrogens is 216 g/mol. The Bertz CT molecular complexity index is 608. The summed E-state index contributed by atoms with van der Waals surface area (Å²) in [6, 6.07) is 3.70. The summed E-state index contributed by atoms with van der Waals surface area (Å²) in [5.41, 5.74) is 3.60. The van der Waals surface area contributed by atoms with Crippen molar-refractivity contribution in [3.8, 4) is 5.75 Å². The van der Waals surface area contributed by atoms with Crippen molar-refractivity contribution in [3.63, 3.8) is 0 Å². The van der Waals surface area contributed by atoms with Gasteiger partial charge in [-0.25, -0.2) is 0 Å². The summed E-state index contributed by atoms with van der Waals surface area (Å²) >= 11 is 0. The van der Waals surface area contributed by atoms with Gasteiger partial charge in [-0.15, -0.1) is 0 Å². The number of ether oxygens (including phenoxy) is 1. The fraction of sp³-hybridized carbons (Fsp3) is 0.286. The van der Waals surface area contributed by atoms with Gasteiger partial charge in [0.25, 0.3) is 0 Å². The summed E-state index contributed by atoms with van der Waals surface area (Å²) in [4.78, 5) is 24.0. The van der Waals surface area contributed by atoms with Gasteiger partial charge in [-0.3, -0.25) is 9.59 Å². The largest absolute Gasteiger partial charge is 0.485 e. The molecule has 0 fully saturated rings. The predicted octanol–water partition coefficient (Wildman–Crippen LogP) is 2.31. The average Bonchev–Trinajstić information content (AvgIpc) is 2.61. The van der Waals surface area contributed by atoms with Gasteiger partial charge in [0.05, 0.1) is 0 Å². The Hall–Kier alpha value is -1.90. The van der Waals surface area contributed by atoms with Gasteiger partial charge in [0, 0.05) is 22.3 Å². The maximum absolute atomic E-state index is 12.0. The van der Waals surface area contributed by atoms with E-state index in [9.17, 15) is 9.59 Å². The van der Waals surface area contributed by atoms with Crippen molar-refractivity contribution in [2.24, 2.45) is 0 Å². The number of aryl methyl sites for hydroxylation is 1. The van der Waals surface area contributed by atoms with Crippen molar-refractivity contribution >= 4 is 17.1 Å². The number of Topliss-reactive ketones (excluding diaryl/α,β-unsaturated/α-hetero) is 2. The molecule has 3 nitrogen and oxygen atoms in total. The average molecular weight is 228 g/mol. The van der Waals surface area contributed by atoms with Crippen LogP contribution in [0.1, 0.15) is 35.3 Å². The highest BCUT2D eigenvalue weighted by Gasteiger charge is 2.39. The number of carbonyl (C=O) groups excluding carboxylic acids is 2. The van der Waals surface area contributed by atoms with Crippen LogP contribution >= 0.6 is 0 Å². The monoisotopic (exact) mass is 228 g/mol. The topological polar surface area (TPSA) is 43.4 Å². The predicted molar refractivity (Wildman–Crippen MR) is 63.2 cm³/mol. The number of rotatable bonds is 0. The SMILES string of the molecule is CC1=C2c3c(ccc(C)c3C(=O)C1=O)O[C@@H]2C. The number of ketones is 2. The smallest absolute Gasteiger partial charge is 0.234 e. The van der Waals surface area contributed by atoms with E-state index in [1.807, 2.05) is 26.0 Å². The highest BCUT2D eigenvalue weighted by atomic mass is 16.5. The van der Waals surface area contributed by atoms with Gasteiger partial charge in [0.15, 0.2) is 0 Å². The van der Waals surface area contributed by atoms with E-state index in [4.69, 9.17) is 4.74 Å². The van der Waals surface area contributed by atoms with Crippen molar-refractivity contribution in [3.05, 3.63) is 34.4 Å². The van der Waals surface area contributed by atoms with Crippen LogP contribution in [0.5, 0.6) is 5.75 Å². The van der Waals surface area contributed by atoms with Crippen molar-refractivity contribution in [2.45, 2.75) is 26.9 Å². The first-order valence-electron chi connectivity index (χ1n) is 5.62. The van der Waals surface area contributed by atoms with E-state index in [0.717, 1.165) is 16.7 Å². The third kappa shape index (κ3) is 1.11. The second-order valence-electron chi connectivity index (χ2n) is 4.59. The maximum Gasteiger partial charge on any atom is 0.234 e. The van der Waals surface area contributed by atoms with Gasteiger partial charge in [0.2, 0.25) is 11.6 Å². The minimum Gasteiger partial charge on any atom is -0.485 e. The molecule has 1 heterocycles. The third-order valence-corrected chi connectivity index (χ3v) is 3.53. The molecule has 0 bridgehead atoms. The van der Waals surface area contributed by atoms with E-state index in [-0.39, 0.29) is 6.10 Å². The van der Waals surface area contributed by atoms with Gasteiger partial charge in [-0.1, -0.05) is 6.07 Å². The third-order valence-electron chi connectivity index (χ3n) is 3.53. The molecule has 0 saturated carbocycles. The first kappa shape index (κ1) is 10.3. The van der Waals surface area contributed by atoms with Crippen LogP contribution in [0.3, 0.4) is 0 Å². The molecule has 0 aromatic heterocycles. The van der Waals surface area contributed by atoms with E-state index in [2.05, 4.69) is 0 Å². The van der Waals surface area contributed by atoms with Crippen LogP contribution in [-0.2, 0) is 4.79 Å². The number of benzene rings is 1. The molecule has 86 valence electrons. The zero-order valence-corrected chi connectivity index (χ0v) is 9.96. The summed E-state index contributed by atoms with van der Waals surface area (Å²) in [6.07, 6.45) is -0.150. The normalized spacial score (nSPS) is 21.7. The van der Waals surface area contributed by atoms with Crippen molar-refractivity contribution in [1.29, 1.82) is 0 Å². The van der Waals surface area contributed by atoms with Gasteiger partial charge in [0.1, 0.15) is 11.9 Å². The van der Waals surface area contributed by atoms with Crippen LogP contribution in [0, 0.1) is 6.92 Å².